The van der Waals surface area contributed by atoms with Crippen LogP contribution >= 0.6 is 15.9 Å². The number of hydrogen-bond acceptors (Lipinski definition) is 9. The predicted molar refractivity (Wildman–Crippen MR) is 142 cm³/mol. The summed E-state index contributed by atoms with van der Waals surface area (Å²) in [5, 5.41) is 16.6. The van der Waals surface area contributed by atoms with Crippen molar-refractivity contribution in [2.75, 3.05) is 13.7 Å². The van der Waals surface area contributed by atoms with Crippen LogP contribution in [0.15, 0.2) is 44.7 Å². The number of nitro groups is 1. The summed E-state index contributed by atoms with van der Waals surface area (Å²) < 4.78 is 17.7. The molecule has 0 amide bonds. The van der Waals surface area contributed by atoms with Gasteiger partial charge in [0.1, 0.15) is 5.82 Å². The van der Waals surface area contributed by atoms with Gasteiger partial charge in [0.15, 0.2) is 11.9 Å². The van der Waals surface area contributed by atoms with Crippen molar-refractivity contribution in [1.29, 1.82) is 0 Å². The molecule has 196 valence electrons. The van der Waals surface area contributed by atoms with E-state index < -0.39 is 22.7 Å². The molecule has 12 heteroatoms. The van der Waals surface area contributed by atoms with Gasteiger partial charge in [-0.1, -0.05) is 29.3 Å². The van der Waals surface area contributed by atoms with E-state index in [1.807, 2.05) is 13.0 Å². The second-order valence-corrected chi connectivity index (χ2v) is 8.91. The molecule has 0 aliphatic heterocycles. The van der Waals surface area contributed by atoms with Gasteiger partial charge in [0, 0.05) is 22.5 Å². The second-order valence-electron chi connectivity index (χ2n) is 8.00. The average Bonchev–Trinajstić information content (AvgIpc) is 2.87. The summed E-state index contributed by atoms with van der Waals surface area (Å²) in [4.78, 5) is 41.1. The lowest BCUT2D eigenvalue weighted by molar-refractivity contribution is -0.386. The van der Waals surface area contributed by atoms with Crippen molar-refractivity contribution in [2.24, 2.45) is 5.10 Å². The Morgan fingerprint density at radius 3 is 2.70 bits per heavy atom. The van der Waals surface area contributed by atoms with Crippen molar-refractivity contribution >= 4 is 44.7 Å². The van der Waals surface area contributed by atoms with E-state index in [2.05, 4.69) is 26.0 Å². The van der Waals surface area contributed by atoms with Crippen LogP contribution in [-0.4, -0.2) is 46.6 Å². The molecule has 0 aliphatic rings. The Kier molecular flexibility index (Phi) is 9.34. The minimum Gasteiger partial charge on any atom is -0.493 e. The highest BCUT2D eigenvalue weighted by Crippen LogP contribution is 2.38. The molecule has 0 saturated heterocycles. The van der Waals surface area contributed by atoms with Gasteiger partial charge in [-0.15, -0.1) is 0 Å². The molecule has 0 spiro atoms. The Balaban J connectivity index is 2.09. The number of fused-ring (bicyclic) bond motifs is 1. The molecule has 0 fully saturated rings. The first-order valence-electron chi connectivity index (χ1n) is 11.6. The number of carbonyl (C=O) groups excluding carboxylic acids is 1. The quantitative estimate of drug-likeness (QED) is 0.140. The molecule has 37 heavy (non-hydrogen) atoms. The zero-order valence-corrected chi connectivity index (χ0v) is 22.5. The van der Waals surface area contributed by atoms with Crippen LogP contribution in [0.1, 0.15) is 45.0 Å². The van der Waals surface area contributed by atoms with E-state index in [1.54, 1.807) is 19.1 Å². The van der Waals surface area contributed by atoms with Crippen LogP contribution in [0.2, 0.25) is 0 Å². The maximum Gasteiger partial charge on any atom is 0.347 e. The Labute approximate surface area is 221 Å². The first-order valence-corrected chi connectivity index (χ1v) is 12.4. The molecule has 3 rings (SSSR count). The third-order valence-electron chi connectivity index (χ3n) is 5.34. The summed E-state index contributed by atoms with van der Waals surface area (Å²) in [5.41, 5.74) is 0.0389. The van der Waals surface area contributed by atoms with Gasteiger partial charge in [0.2, 0.25) is 5.75 Å². The molecule has 2 aromatic carbocycles. The fourth-order valence-corrected chi connectivity index (χ4v) is 3.87. The fraction of sp³-hybridized carbons (Fsp3) is 0.360. The molecule has 3 aromatic rings. The topological polar surface area (TPSA) is 135 Å². The Morgan fingerprint density at radius 1 is 1.30 bits per heavy atom. The lowest BCUT2D eigenvalue weighted by Gasteiger charge is -2.16. The lowest BCUT2D eigenvalue weighted by Crippen LogP contribution is -2.26. The number of aromatic nitrogens is 2. The normalized spacial score (nSPS) is 12.0. The molecular formula is C25H27BrN4O7. The number of unbranched alkanes of at least 4 members (excludes halogenated alkanes) is 1. The van der Waals surface area contributed by atoms with E-state index in [1.165, 1.54) is 37.1 Å². The van der Waals surface area contributed by atoms with Gasteiger partial charge in [-0.05, 0) is 44.5 Å². The van der Waals surface area contributed by atoms with Gasteiger partial charge in [-0.25, -0.2) is 9.78 Å². The number of nitro benzene ring substituents is 1. The highest BCUT2D eigenvalue weighted by Gasteiger charge is 2.27. The van der Waals surface area contributed by atoms with Crippen molar-refractivity contribution in [3.63, 3.8) is 0 Å². The predicted octanol–water partition coefficient (Wildman–Crippen LogP) is 4.63. The number of aryl methyl sites for hydroxylation is 1. The second kappa shape index (κ2) is 12.4. The van der Waals surface area contributed by atoms with Gasteiger partial charge in [0.25, 0.3) is 5.56 Å². The number of hydrogen-bond donors (Lipinski definition) is 0. The molecule has 1 atom stereocenters. The van der Waals surface area contributed by atoms with E-state index in [9.17, 15) is 19.7 Å². The van der Waals surface area contributed by atoms with Crippen molar-refractivity contribution < 1.29 is 23.9 Å². The molecule has 0 aliphatic carbocycles. The molecule has 0 unspecified atom stereocenters. The molecular weight excluding hydrogens is 548 g/mol. The number of halogens is 1. The summed E-state index contributed by atoms with van der Waals surface area (Å²) in [6.07, 6.45) is 2.43. The van der Waals surface area contributed by atoms with Crippen LogP contribution in [0.5, 0.6) is 11.5 Å². The fourth-order valence-electron chi connectivity index (χ4n) is 3.51. The third kappa shape index (κ3) is 6.50. The number of methoxy groups -OCH3 is 1. The average molecular weight is 575 g/mol. The summed E-state index contributed by atoms with van der Waals surface area (Å²) in [7, 11) is 1.32. The van der Waals surface area contributed by atoms with Gasteiger partial charge in [-0.3, -0.25) is 14.9 Å². The third-order valence-corrected chi connectivity index (χ3v) is 5.83. The van der Waals surface area contributed by atoms with Gasteiger partial charge < -0.3 is 14.2 Å². The van der Waals surface area contributed by atoms with Crippen molar-refractivity contribution in [2.45, 2.75) is 46.1 Å². The molecule has 1 heterocycles. The van der Waals surface area contributed by atoms with E-state index in [-0.39, 0.29) is 29.2 Å². The molecule has 0 bridgehead atoms. The maximum atomic E-state index is 13.3. The van der Waals surface area contributed by atoms with Crippen molar-refractivity contribution in [1.82, 2.24) is 9.66 Å². The van der Waals surface area contributed by atoms with Crippen LogP contribution in [0.4, 0.5) is 5.69 Å². The Morgan fingerprint density at radius 2 is 2.05 bits per heavy atom. The lowest BCUT2D eigenvalue weighted by atomic mass is 10.1. The maximum absolute atomic E-state index is 13.3. The zero-order valence-electron chi connectivity index (χ0n) is 20.9. The highest BCUT2D eigenvalue weighted by molar-refractivity contribution is 9.10. The number of nitrogens with zero attached hydrogens (tertiary/aromatic N) is 4. The minimum atomic E-state index is -1.10. The number of ether oxygens (including phenoxy) is 3. The Hall–Kier alpha value is -3.80. The van der Waals surface area contributed by atoms with Crippen molar-refractivity contribution in [3.05, 3.63) is 66.7 Å². The zero-order chi connectivity index (χ0) is 27.1. The number of benzene rings is 2. The first kappa shape index (κ1) is 27.8. The summed E-state index contributed by atoms with van der Waals surface area (Å²) in [6, 6.07) is 7.93. The van der Waals surface area contributed by atoms with Gasteiger partial charge in [0.05, 0.1) is 35.8 Å². The standard InChI is InChI=1S/C25H27BrN4O7/c1-5-7-8-22-28-19-10-9-17(26)13-18(19)24(31)29(22)27-14-16-11-20(30(33)34)23(21(12-16)35-4)37-15(3)25(32)36-6-2/h9-15H,5-8H2,1-4H3/t15-/m0/s1. The Bertz CT molecular complexity index is 1400. The van der Waals surface area contributed by atoms with Crippen LogP contribution in [0.3, 0.4) is 0 Å². The summed E-state index contributed by atoms with van der Waals surface area (Å²) in [6.45, 7) is 5.24. The van der Waals surface area contributed by atoms with Gasteiger partial charge >= 0.3 is 11.7 Å². The first-order chi connectivity index (χ1) is 17.7. The van der Waals surface area contributed by atoms with E-state index in [0.29, 0.717) is 23.1 Å². The van der Waals surface area contributed by atoms with Crippen LogP contribution in [0, 0.1) is 10.1 Å². The summed E-state index contributed by atoms with van der Waals surface area (Å²) >= 11 is 3.37. The molecule has 1 aromatic heterocycles. The van der Waals surface area contributed by atoms with Crippen LogP contribution in [-0.2, 0) is 16.0 Å². The highest BCUT2D eigenvalue weighted by atomic mass is 79.9. The number of esters is 1. The number of rotatable bonds is 11. The smallest absolute Gasteiger partial charge is 0.347 e. The van der Waals surface area contributed by atoms with Crippen LogP contribution in [0.25, 0.3) is 10.9 Å². The van der Waals surface area contributed by atoms with Crippen LogP contribution < -0.4 is 15.0 Å². The minimum absolute atomic E-state index is 0.0194. The SMILES string of the molecule is CCCCc1nc2ccc(Br)cc2c(=O)n1N=Cc1cc(OC)c(O[C@@H](C)C(=O)OCC)c([N+](=O)[O-])c1. The van der Waals surface area contributed by atoms with Crippen molar-refractivity contribution in [3.8, 4) is 11.5 Å². The summed E-state index contributed by atoms with van der Waals surface area (Å²) in [5.74, 6) is -0.393. The van der Waals surface area contributed by atoms with E-state index >= 15 is 0 Å². The molecule has 0 N–H and O–H groups in total. The molecule has 0 saturated carbocycles. The van der Waals surface area contributed by atoms with E-state index in [0.717, 1.165) is 17.3 Å². The van der Waals surface area contributed by atoms with Gasteiger partial charge in [-0.2, -0.15) is 9.78 Å². The van der Waals surface area contributed by atoms with E-state index in [4.69, 9.17) is 14.2 Å². The molecule has 11 nitrogen and oxygen atoms in total. The number of carbonyl (C=O) groups is 1. The largest absolute Gasteiger partial charge is 0.493 e. The molecule has 0 radical (unpaired) electrons. The monoisotopic (exact) mass is 574 g/mol.